The Kier molecular flexibility index (Phi) is 4.97. The van der Waals surface area contributed by atoms with Gasteiger partial charge in [0.25, 0.3) is 0 Å². The van der Waals surface area contributed by atoms with Crippen LogP contribution in [0.15, 0.2) is 36.4 Å². The van der Waals surface area contributed by atoms with Crippen molar-refractivity contribution < 1.29 is 14.2 Å². The van der Waals surface area contributed by atoms with Gasteiger partial charge in [-0.2, -0.15) is 0 Å². The first-order valence-electron chi connectivity index (χ1n) is 6.61. The maximum Gasteiger partial charge on any atom is 0.161 e. The van der Waals surface area contributed by atoms with E-state index >= 15 is 0 Å². The standard InChI is InChI=1S/C17H19ClO3/c1-11-9-12(5-7-14(11)19-2)17(18)13-6-8-15(20-3)16(10-13)21-4/h5-10,17H,1-4H3. The molecule has 1 atom stereocenters. The molecule has 21 heavy (non-hydrogen) atoms. The number of aryl methyl sites for hydroxylation is 1. The van der Waals surface area contributed by atoms with E-state index < -0.39 is 0 Å². The van der Waals surface area contributed by atoms with Crippen LogP contribution in [0.4, 0.5) is 0 Å². The molecule has 0 aromatic heterocycles. The monoisotopic (exact) mass is 306 g/mol. The Morgan fingerprint density at radius 2 is 1.29 bits per heavy atom. The number of ether oxygens (including phenoxy) is 3. The molecule has 2 rings (SSSR count). The first-order valence-corrected chi connectivity index (χ1v) is 7.05. The van der Waals surface area contributed by atoms with E-state index in [0.717, 1.165) is 22.4 Å². The van der Waals surface area contributed by atoms with E-state index in [4.69, 9.17) is 25.8 Å². The molecule has 0 radical (unpaired) electrons. The molecule has 1 unspecified atom stereocenters. The molecule has 0 spiro atoms. The van der Waals surface area contributed by atoms with E-state index in [9.17, 15) is 0 Å². The normalized spacial score (nSPS) is 11.9. The van der Waals surface area contributed by atoms with Gasteiger partial charge in [-0.1, -0.05) is 18.2 Å². The zero-order valence-corrected chi connectivity index (χ0v) is 13.4. The van der Waals surface area contributed by atoms with Crippen LogP contribution >= 0.6 is 11.6 Å². The van der Waals surface area contributed by atoms with Crippen LogP contribution in [0.3, 0.4) is 0 Å². The quantitative estimate of drug-likeness (QED) is 0.769. The van der Waals surface area contributed by atoms with Crippen LogP contribution in [0.5, 0.6) is 17.2 Å². The number of benzene rings is 2. The lowest BCUT2D eigenvalue weighted by molar-refractivity contribution is 0.354. The summed E-state index contributed by atoms with van der Waals surface area (Å²) in [7, 11) is 4.89. The molecule has 4 heteroatoms. The molecule has 0 bridgehead atoms. The summed E-state index contributed by atoms with van der Waals surface area (Å²) in [5, 5.41) is -0.255. The minimum atomic E-state index is -0.255. The Hall–Kier alpha value is -1.87. The molecule has 0 saturated carbocycles. The fourth-order valence-electron chi connectivity index (χ4n) is 2.26. The van der Waals surface area contributed by atoms with Crippen molar-refractivity contribution in [1.29, 1.82) is 0 Å². The number of hydrogen-bond acceptors (Lipinski definition) is 3. The molecule has 0 amide bonds. The summed E-state index contributed by atoms with van der Waals surface area (Å²) in [5.74, 6) is 2.22. The van der Waals surface area contributed by atoms with Crippen molar-refractivity contribution >= 4 is 11.6 Å². The topological polar surface area (TPSA) is 27.7 Å². The van der Waals surface area contributed by atoms with Gasteiger partial charge in [0.15, 0.2) is 11.5 Å². The van der Waals surface area contributed by atoms with Crippen molar-refractivity contribution in [2.24, 2.45) is 0 Å². The Labute approximate surface area is 130 Å². The predicted octanol–water partition coefficient (Wildman–Crippen LogP) is 4.35. The third kappa shape index (κ3) is 3.24. The highest BCUT2D eigenvalue weighted by Gasteiger charge is 2.15. The molecule has 2 aromatic rings. The first-order chi connectivity index (χ1) is 10.1. The maximum absolute atomic E-state index is 6.59. The number of hydrogen-bond donors (Lipinski definition) is 0. The average Bonchev–Trinajstić information content (AvgIpc) is 2.53. The summed E-state index contributed by atoms with van der Waals surface area (Å²) in [6.45, 7) is 2.00. The number of halogens is 1. The van der Waals surface area contributed by atoms with Gasteiger partial charge in [0.2, 0.25) is 0 Å². The Morgan fingerprint density at radius 3 is 1.81 bits per heavy atom. The molecular weight excluding hydrogens is 288 g/mol. The van der Waals surface area contributed by atoms with Crippen molar-refractivity contribution in [3.63, 3.8) is 0 Å². The summed E-state index contributed by atoms with van der Waals surface area (Å²) >= 11 is 6.59. The second-order valence-corrected chi connectivity index (χ2v) is 5.14. The number of rotatable bonds is 5. The average molecular weight is 307 g/mol. The minimum Gasteiger partial charge on any atom is -0.496 e. The SMILES string of the molecule is COc1ccc(C(Cl)c2ccc(OC)c(OC)c2)cc1C. The van der Waals surface area contributed by atoms with Crippen LogP contribution < -0.4 is 14.2 Å². The van der Waals surface area contributed by atoms with E-state index in [2.05, 4.69) is 0 Å². The Morgan fingerprint density at radius 1 is 0.762 bits per heavy atom. The fraction of sp³-hybridized carbons (Fsp3) is 0.294. The summed E-state index contributed by atoms with van der Waals surface area (Å²) < 4.78 is 15.8. The first kappa shape index (κ1) is 15.5. The van der Waals surface area contributed by atoms with Gasteiger partial charge in [-0.3, -0.25) is 0 Å². The zero-order chi connectivity index (χ0) is 15.4. The molecule has 0 heterocycles. The van der Waals surface area contributed by atoms with Gasteiger partial charge in [0, 0.05) is 0 Å². The van der Waals surface area contributed by atoms with Crippen LogP contribution in [-0.2, 0) is 0 Å². The highest BCUT2D eigenvalue weighted by molar-refractivity contribution is 6.22. The molecule has 0 aliphatic heterocycles. The van der Waals surface area contributed by atoms with E-state index in [1.807, 2.05) is 43.3 Å². The van der Waals surface area contributed by atoms with Crippen LogP contribution in [0.1, 0.15) is 22.1 Å². The van der Waals surface area contributed by atoms with Crippen LogP contribution in [0.25, 0.3) is 0 Å². The van der Waals surface area contributed by atoms with Crippen molar-refractivity contribution in [1.82, 2.24) is 0 Å². The van der Waals surface area contributed by atoms with Gasteiger partial charge >= 0.3 is 0 Å². The molecular formula is C17H19ClO3. The third-order valence-electron chi connectivity index (χ3n) is 3.41. The summed E-state index contributed by atoms with van der Waals surface area (Å²) in [6.07, 6.45) is 0. The highest BCUT2D eigenvalue weighted by Crippen LogP contribution is 2.36. The molecule has 0 fully saturated rings. The second-order valence-electron chi connectivity index (χ2n) is 4.71. The van der Waals surface area contributed by atoms with Crippen molar-refractivity contribution in [3.05, 3.63) is 53.1 Å². The Balaban J connectivity index is 2.35. The van der Waals surface area contributed by atoms with E-state index in [-0.39, 0.29) is 5.38 Å². The van der Waals surface area contributed by atoms with E-state index in [1.54, 1.807) is 21.3 Å². The van der Waals surface area contributed by atoms with E-state index in [0.29, 0.717) is 11.5 Å². The lowest BCUT2D eigenvalue weighted by Gasteiger charge is -2.15. The smallest absolute Gasteiger partial charge is 0.161 e. The molecule has 3 nitrogen and oxygen atoms in total. The van der Waals surface area contributed by atoms with Crippen molar-refractivity contribution in [2.75, 3.05) is 21.3 Å². The lowest BCUT2D eigenvalue weighted by Crippen LogP contribution is -1.97. The summed E-state index contributed by atoms with van der Waals surface area (Å²) in [6, 6.07) is 11.6. The largest absolute Gasteiger partial charge is 0.496 e. The van der Waals surface area contributed by atoms with Gasteiger partial charge in [-0.15, -0.1) is 11.6 Å². The maximum atomic E-state index is 6.59. The van der Waals surface area contributed by atoms with Crippen molar-refractivity contribution in [3.8, 4) is 17.2 Å². The van der Waals surface area contributed by atoms with Gasteiger partial charge in [-0.25, -0.2) is 0 Å². The molecule has 0 aliphatic carbocycles. The minimum absolute atomic E-state index is 0.255. The highest BCUT2D eigenvalue weighted by atomic mass is 35.5. The third-order valence-corrected chi connectivity index (χ3v) is 3.92. The summed E-state index contributed by atoms with van der Waals surface area (Å²) in [5.41, 5.74) is 3.03. The van der Waals surface area contributed by atoms with Gasteiger partial charge in [0.1, 0.15) is 5.75 Å². The van der Waals surface area contributed by atoms with Crippen LogP contribution in [-0.4, -0.2) is 21.3 Å². The zero-order valence-electron chi connectivity index (χ0n) is 12.6. The van der Waals surface area contributed by atoms with Crippen LogP contribution in [0, 0.1) is 6.92 Å². The number of alkyl halides is 1. The van der Waals surface area contributed by atoms with Gasteiger partial charge < -0.3 is 14.2 Å². The number of methoxy groups -OCH3 is 3. The molecule has 112 valence electrons. The van der Waals surface area contributed by atoms with Gasteiger partial charge in [-0.05, 0) is 41.8 Å². The molecule has 2 aromatic carbocycles. The lowest BCUT2D eigenvalue weighted by atomic mass is 10.0. The molecule has 0 N–H and O–H groups in total. The predicted molar refractivity (Wildman–Crippen MR) is 85.0 cm³/mol. The fourth-order valence-corrected chi connectivity index (χ4v) is 2.53. The molecule has 0 saturated heterocycles. The molecule has 0 aliphatic rings. The summed E-state index contributed by atoms with van der Waals surface area (Å²) in [4.78, 5) is 0. The van der Waals surface area contributed by atoms with E-state index in [1.165, 1.54) is 0 Å². The van der Waals surface area contributed by atoms with Crippen LogP contribution in [0.2, 0.25) is 0 Å². The van der Waals surface area contributed by atoms with Gasteiger partial charge in [0.05, 0.1) is 26.7 Å². The second kappa shape index (κ2) is 6.72. The Bertz CT molecular complexity index is 625. The van der Waals surface area contributed by atoms with Crippen molar-refractivity contribution in [2.45, 2.75) is 12.3 Å².